The Bertz CT molecular complexity index is 715. The molecule has 0 saturated heterocycles. The van der Waals surface area contributed by atoms with Crippen LogP contribution in [0.4, 0.5) is 0 Å². The highest BCUT2D eigenvalue weighted by atomic mass is 32.2. The molecule has 0 saturated carbocycles. The third kappa shape index (κ3) is 4.56. The van der Waals surface area contributed by atoms with Crippen molar-refractivity contribution in [2.75, 3.05) is 0 Å². The summed E-state index contributed by atoms with van der Waals surface area (Å²) in [6.07, 6.45) is 0. The number of benzene rings is 1. The van der Waals surface area contributed by atoms with Crippen LogP contribution in [-0.2, 0) is 4.79 Å². The standard InChI is InChI=1S/C16H18N2O3S2/c1-9-8-22-15(17-9)10(2)18-14(19)12-6-4-5-7-13(12)23-11(3)16(20)21/h4-8,10-11H,1-3H3,(H,18,19)(H,20,21). The lowest BCUT2D eigenvalue weighted by molar-refractivity contribution is -0.136. The van der Waals surface area contributed by atoms with Crippen molar-refractivity contribution >= 4 is 35.0 Å². The molecular weight excluding hydrogens is 332 g/mol. The Morgan fingerprint density at radius 1 is 1.30 bits per heavy atom. The summed E-state index contributed by atoms with van der Waals surface area (Å²) < 4.78 is 0. The average molecular weight is 350 g/mol. The first kappa shape index (κ1) is 17.5. The van der Waals surface area contributed by atoms with Gasteiger partial charge >= 0.3 is 5.97 Å². The number of thioether (sulfide) groups is 1. The van der Waals surface area contributed by atoms with E-state index >= 15 is 0 Å². The highest BCUT2D eigenvalue weighted by Gasteiger charge is 2.19. The van der Waals surface area contributed by atoms with Gasteiger partial charge < -0.3 is 10.4 Å². The van der Waals surface area contributed by atoms with E-state index in [1.165, 1.54) is 11.3 Å². The predicted molar refractivity (Wildman–Crippen MR) is 92.1 cm³/mol. The van der Waals surface area contributed by atoms with Crippen LogP contribution in [0, 0.1) is 6.92 Å². The van der Waals surface area contributed by atoms with Gasteiger partial charge in [0.05, 0.1) is 11.6 Å². The summed E-state index contributed by atoms with van der Waals surface area (Å²) in [5.41, 5.74) is 1.41. The number of hydrogen-bond donors (Lipinski definition) is 2. The number of nitrogens with one attached hydrogen (secondary N) is 1. The van der Waals surface area contributed by atoms with Crippen LogP contribution >= 0.6 is 23.1 Å². The molecule has 2 aromatic rings. The molecule has 0 fully saturated rings. The number of thiazole rings is 1. The first-order valence-electron chi connectivity index (χ1n) is 7.10. The maximum Gasteiger partial charge on any atom is 0.316 e. The van der Waals surface area contributed by atoms with Gasteiger partial charge in [-0.15, -0.1) is 23.1 Å². The minimum atomic E-state index is -0.906. The summed E-state index contributed by atoms with van der Waals surface area (Å²) >= 11 is 2.67. The molecule has 2 atom stereocenters. The van der Waals surface area contributed by atoms with Gasteiger partial charge in [-0.2, -0.15) is 0 Å². The van der Waals surface area contributed by atoms with Crippen LogP contribution in [0.15, 0.2) is 34.5 Å². The van der Waals surface area contributed by atoms with Crippen molar-refractivity contribution in [2.24, 2.45) is 0 Å². The molecule has 0 bridgehead atoms. The number of carbonyl (C=O) groups is 2. The van der Waals surface area contributed by atoms with Crippen LogP contribution in [-0.4, -0.2) is 27.2 Å². The van der Waals surface area contributed by atoms with Crippen molar-refractivity contribution in [2.45, 2.75) is 37.0 Å². The van der Waals surface area contributed by atoms with Gasteiger partial charge in [0, 0.05) is 16.0 Å². The first-order valence-corrected chi connectivity index (χ1v) is 8.85. The molecule has 0 spiro atoms. The van der Waals surface area contributed by atoms with E-state index in [9.17, 15) is 9.59 Å². The number of aliphatic carboxylic acids is 1. The summed E-state index contributed by atoms with van der Waals surface area (Å²) in [5.74, 6) is -1.14. The number of carboxylic acids is 1. The molecule has 2 rings (SSSR count). The van der Waals surface area contributed by atoms with Gasteiger partial charge in [-0.3, -0.25) is 9.59 Å². The van der Waals surface area contributed by atoms with Gasteiger partial charge in [0.2, 0.25) is 0 Å². The summed E-state index contributed by atoms with van der Waals surface area (Å²) in [4.78, 5) is 28.6. The number of aryl methyl sites for hydroxylation is 1. The maximum absolute atomic E-state index is 12.5. The van der Waals surface area contributed by atoms with Gasteiger partial charge in [-0.05, 0) is 32.9 Å². The number of amides is 1. The van der Waals surface area contributed by atoms with E-state index in [4.69, 9.17) is 5.11 Å². The van der Waals surface area contributed by atoms with Crippen LogP contribution in [0.25, 0.3) is 0 Å². The molecule has 1 aromatic carbocycles. The number of carbonyl (C=O) groups excluding carboxylic acids is 1. The largest absolute Gasteiger partial charge is 0.480 e. The van der Waals surface area contributed by atoms with Crippen LogP contribution in [0.3, 0.4) is 0 Å². The number of rotatable bonds is 6. The van der Waals surface area contributed by atoms with E-state index in [0.29, 0.717) is 10.5 Å². The summed E-state index contributed by atoms with van der Waals surface area (Å²) in [6, 6.07) is 6.82. The SMILES string of the molecule is Cc1csc(C(C)NC(=O)c2ccccc2SC(C)C(=O)O)n1. The summed E-state index contributed by atoms with van der Waals surface area (Å²) in [7, 11) is 0. The smallest absolute Gasteiger partial charge is 0.316 e. The van der Waals surface area contributed by atoms with Gasteiger partial charge in [0.1, 0.15) is 10.3 Å². The molecule has 5 nitrogen and oxygen atoms in total. The Hall–Kier alpha value is -1.86. The molecule has 0 aliphatic heterocycles. The topological polar surface area (TPSA) is 79.3 Å². The number of carboxylic acid groups (broad SMARTS) is 1. The van der Waals surface area contributed by atoms with E-state index in [2.05, 4.69) is 10.3 Å². The zero-order valence-electron chi connectivity index (χ0n) is 13.1. The zero-order valence-corrected chi connectivity index (χ0v) is 14.7. The first-order chi connectivity index (χ1) is 10.9. The molecule has 1 aromatic heterocycles. The van der Waals surface area contributed by atoms with Crippen molar-refractivity contribution in [3.63, 3.8) is 0 Å². The molecule has 1 heterocycles. The van der Waals surface area contributed by atoms with Crippen LogP contribution in [0.2, 0.25) is 0 Å². The van der Waals surface area contributed by atoms with Crippen molar-refractivity contribution in [1.29, 1.82) is 0 Å². The van der Waals surface area contributed by atoms with Crippen molar-refractivity contribution < 1.29 is 14.7 Å². The van der Waals surface area contributed by atoms with Crippen LogP contribution in [0.1, 0.15) is 40.9 Å². The number of nitrogens with zero attached hydrogens (tertiary/aromatic N) is 1. The molecule has 122 valence electrons. The van der Waals surface area contributed by atoms with Gasteiger partial charge in [0.25, 0.3) is 5.91 Å². The van der Waals surface area contributed by atoms with E-state index < -0.39 is 11.2 Å². The Morgan fingerprint density at radius 3 is 2.61 bits per heavy atom. The molecule has 0 aliphatic carbocycles. The van der Waals surface area contributed by atoms with Crippen molar-refractivity contribution in [3.05, 3.63) is 45.9 Å². The molecule has 0 radical (unpaired) electrons. The molecule has 7 heteroatoms. The van der Waals surface area contributed by atoms with Crippen molar-refractivity contribution in [1.82, 2.24) is 10.3 Å². The summed E-state index contributed by atoms with van der Waals surface area (Å²) in [6.45, 7) is 5.39. The minimum Gasteiger partial charge on any atom is -0.480 e. The minimum absolute atomic E-state index is 0.198. The fourth-order valence-electron chi connectivity index (χ4n) is 1.91. The second-order valence-corrected chi connectivity index (χ2v) is 7.39. The monoisotopic (exact) mass is 350 g/mol. The fraction of sp³-hybridized carbons (Fsp3) is 0.312. The fourth-order valence-corrected chi connectivity index (χ4v) is 3.64. The van der Waals surface area contributed by atoms with E-state index in [1.54, 1.807) is 31.2 Å². The molecule has 1 amide bonds. The quantitative estimate of drug-likeness (QED) is 0.780. The normalized spacial score (nSPS) is 13.3. The molecule has 0 aliphatic rings. The van der Waals surface area contributed by atoms with Crippen LogP contribution < -0.4 is 5.32 Å². The second kappa shape index (κ2) is 7.61. The van der Waals surface area contributed by atoms with E-state index in [1.807, 2.05) is 19.2 Å². The summed E-state index contributed by atoms with van der Waals surface area (Å²) in [5, 5.41) is 14.1. The van der Waals surface area contributed by atoms with Crippen LogP contribution in [0.5, 0.6) is 0 Å². The third-order valence-electron chi connectivity index (χ3n) is 3.14. The molecule has 23 heavy (non-hydrogen) atoms. The predicted octanol–water partition coefficient (Wildman–Crippen LogP) is 3.51. The highest BCUT2D eigenvalue weighted by Crippen LogP contribution is 2.27. The molecule has 2 N–H and O–H groups in total. The lowest BCUT2D eigenvalue weighted by atomic mass is 10.2. The lowest BCUT2D eigenvalue weighted by Gasteiger charge is -2.14. The van der Waals surface area contributed by atoms with Gasteiger partial charge in [-0.1, -0.05) is 12.1 Å². The Morgan fingerprint density at radius 2 is 2.00 bits per heavy atom. The van der Waals surface area contributed by atoms with E-state index in [0.717, 1.165) is 22.5 Å². The number of hydrogen-bond acceptors (Lipinski definition) is 5. The van der Waals surface area contributed by atoms with E-state index in [-0.39, 0.29) is 11.9 Å². The Balaban J connectivity index is 2.14. The lowest BCUT2D eigenvalue weighted by Crippen LogP contribution is -2.27. The Kier molecular flexibility index (Phi) is 5.79. The van der Waals surface area contributed by atoms with Crippen molar-refractivity contribution in [3.8, 4) is 0 Å². The third-order valence-corrected chi connectivity index (χ3v) is 5.45. The maximum atomic E-state index is 12.5. The zero-order chi connectivity index (χ0) is 17.0. The second-order valence-electron chi connectivity index (χ2n) is 5.12. The number of aromatic nitrogens is 1. The van der Waals surface area contributed by atoms with Gasteiger partial charge in [-0.25, -0.2) is 4.98 Å². The highest BCUT2D eigenvalue weighted by molar-refractivity contribution is 8.00. The Labute approximate surface area is 143 Å². The van der Waals surface area contributed by atoms with Gasteiger partial charge in [0.15, 0.2) is 0 Å². The molecular formula is C16H18N2O3S2. The average Bonchev–Trinajstić information content (AvgIpc) is 2.94. The molecule has 2 unspecified atom stereocenters.